The summed E-state index contributed by atoms with van der Waals surface area (Å²) in [6.45, 7) is 4.50. The van der Waals surface area contributed by atoms with Crippen LogP contribution in [-0.2, 0) is 22.4 Å². The van der Waals surface area contributed by atoms with Crippen LogP contribution in [0.15, 0.2) is 22.7 Å². The summed E-state index contributed by atoms with van der Waals surface area (Å²) in [4.78, 5) is 35.4. The lowest BCUT2D eigenvalue weighted by Gasteiger charge is -2.30. The van der Waals surface area contributed by atoms with Gasteiger partial charge in [-0.2, -0.15) is 0 Å². The summed E-state index contributed by atoms with van der Waals surface area (Å²) in [5.74, 6) is 0.701. The number of methoxy groups -OCH3 is 1. The summed E-state index contributed by atoms with van der Waals surface area (Å²) in [6, 6.07) is 5.57. The molecule has 1 fully saturated rings. The molecule has 2 N–H and O–H groups in total. The smallest absolute Gasteiger partial charge is 0.407 e. The predicted molar refractivity (Wildman–Crippen MR) is 117 cm³/mol. The van der Waals surface area contributed by atoms with Crippen LogP contribution in [0.5, 0.6) is 0 Å². The van der Waals surface area contributed by atoms with Gasteiger partial charge in [-0.25, -0.2) is 9.78 Å². The van der Waals surface area contributed by atoms with E-state index in [-0.39, 0.29) is 17.9 Å². The minimum atomic E-state index is -0.624. The number of ether oxygens (including phenoxy) is 1. The molecule has 1 aromatic carbocycles. The third-order valence-corrected chi connectivity index (χ3v) is 6.50. The van der Waals surface area contributed by atoms with E-state index in [1.165, 1.54) is 12.7 Å². The lowest BCUT2D eigenvalue weighted by molar-refractivity contribution is -0.135. The molecular formula is C22H27BrN4O3. The van der Waals surface area contributed by atoms with Gasteiger partial charge in [0.05, 0.1) is 18.8 Å². The van der Waals surface area contributed by atoms with Crippen molar-refractivity contribution < 1.29 is 14.3 Å². The van der Waals surface area contributed by atoms with Gasteiger partial charge < -0.3 is 19.9 Å². The predicted octanol–water partition coefficient (Wildman–Crippen LogP) is 3.98. The molecule has 0 radical (unpaired) electrons. The highest BCUT2D eigenvalue weighted by molar-refractivity contribution is 9.10. The van der Waals surface area contributed by atoms with Gasteiger partial charge >= 0.3 is 6.09 Å². The minimum absolute atomic E-state index is 0.0482. The summed E-state index contributed by atoms with van der Waals surface area (Å²) in [6.07, 6.45) is 3.05. The molecule has 7 nitrogen and oxygen atoms in total. The van der Waals surface area contributed by atoms with Crippen molar-refractivity contribution in [2.75, 3.05) is 13.7 Å². The van der Waals surface area contributed by atoms with Crippen molar-refractivity contribution in [3.05, 3.63) is 39.8 Å². The first-order valence-electron chi connectivity index (χ1n) is 10.4. The van der Waals surface area contributed by atoms with E-state index in [9.17, 15) is 9.59 Å². The topological polar surface area (TPSA) is 87.3 Å². The molecule has 4 rings (SSSR count). The summed E-state index contributed by atoms with van der Waals surface area (Å²) in [7, 11) is 1.31. The number of imidazole rings is 1. The SMILES string of the molecule is COC(=O)N[C@H](C(=O)N1CCC[C@H]1c1nc2c([nH]1)CCc1cc(Br)ccc1-2)C(C)C. The molecular weight excluding hydrogens is 448 g/mol. The molecule has 2 heterocycles. The first-order valence-corrected chi connectivity index (χ1v) is 11.2. The maximum Gasteiger partial charge on any atom is 0.407 e. The average Bonchev–Trinajstić information content (AvgIpc) is 3.37. The number of carbonyl (C=O) groups excluding carboxylic acids is 2. The zero-order chi connectivity index (χ0) is 21.4. The van der Waals surface area contributed by atoms with Gasteiger partial charge in [-0.3, -0.25) is 4.79 Å². The first kappa shape index (κ1) is 20.9. The summed E-state index contributed by atoms with van der Waals surface area (Å²) < 4.78 is 5.78. The molecule has 1 aliphatic carbocycles. The zero-order valence-corrected chi connectivity index (χ0v) is 19.1. The van der Waals surface area contributed by atoms with E-state index in [0.29, 0.717) is 6.54 Å². The second-order valence-electron chi connectivity index (χ2n) is 8.30. The number of fused-ring (bicyclic) bond motifs is 3. The zero-order valence-electron chi connectivity index (χ0n) is 17.5. The average molecular weight is 475 g/mol. The van der Waals surface area contributed by atoms with Crippen LogP contribution in [0.2, 0.25) is 0 Å². The van der Waals surface area contributed by atoms with Gasteiger partial charge in [0, 0.05) is 22.3 Å². The van der Waals surface area contributed by atoms with E-state index in [4.69, 9.17) is 9.72 Å². The molecule has 0 saturated carbocycles. The van der Waals surface area contributed by atoms with Gasteiger partial charge in [0.1, 0.15) is 11.9 Å². The number of nitrogens with one attached hydrogen (secondary N) is 2. The Kier molecular flexibility index (Phi) is 5.86. The Labute approximate surface area is 184 Å². The van der Waals surface area contributed by atoms with E-state index in [0.717, 1.165) is 52.9 Å². The molecule has 30 heavy (non-hydrogen) atoms. The third kappa shape index (κ3) is 3.85. The van der Waals surface area contributed by atoms with Crippen LogP contribution in [0, 0.1) is 5.92 Å². The van der Waals surface area contributed by atoms with E-state index in [2.05, 4.69) is 38.4 Å². The Morgan fingerprint density at radius 1 is 1.33 bits per heavy atom. The Morgan fingerprint density at radius 3 is 2.87 bits per heavy atom. The normalized spacial score (nSPS) is 18.7. The number of aryl methyl sites for hydroxylation is 2. The number of hydrogen-bond acceptors (Lipinski definition) is 4. The van der Waals surface area contributed by atoms with Gasteiger partial charge in [0.2, 0.25) is 5.91 Å². The molecule has 0 unspecified atom stereocenters. The largest absolute Gasteiger partial charge is 0.453 e. The third-order valence-electron chi connectivity index (χ3n) is 6.01. The number of amides is 2. The Balaban J connectivity index is 1.61. The number of benzene rings is 1. The molecule has 0 spiro atoms. The van der Waals surface area contributed by atoms with Gasteiger partial charge in [0.25, 0.3) is 0 Å². The van der Waals surface area contributed by atoms with Crippen molar-refractivity contribution in [1.82, 2.24) is 20.2 Å². The first-order chi connectivity index (χ1) is 14.4. The molecule has 1 saturated heterocycles. The molecule has 2 amide bonds. The molecule has 8 heteroatoms. The molecule has 2 atom stereocenters. The second kappa shape index (κ2) is 8.41. The number of likely N-dealkylation sites (tertiary alicyclic amines) is 1. The number of halogens is 1. The number of aromatic nitrogens is 2. The highest BCUT2D eigenvalue weighted by Gasteiger charge is 2.38. The number of nitrogens with zero attached hydrogens (tertiary/aromatic N) is 2. The van der Waals surface area contributed by atoms with Crippen LogP contribution in [0.3, 0.4) is 0 Å². The number of rotatable bonds is 4. The highest BCUT2D eigenvalue weighted by Crippen LogP contribution is 2.37. The van der Waals surface area contributed by atoms with Crippen molar-refractivity contribution in [3.63, 3.8) is 0 Å². The summed E-state index contributed by atoms with van der Waals surface area (Å²) >= 11 is 3.55. The van der Waals surface area contributed by atoms with Crippen LogP contribution >= 0.6 is 15.9 Å². The van der Waals surface area contributed by atoms with E-state index in [1.54, 1.807) is 0 Å². The van der Waals surface area contributed by atoms with E-state index >= 15 is 0 Å². The molecule has 1 aromatic heterocycles. The molecule has 160 valence electrons. The minimum Gasteiger partial charge on any atom is -0.453 e. The fourth-order valence-corrected chi connectivity index (χ4v) is 4.85. The second-order valence-corrected chi connectivity index (χ2v) is 9.21. The molecule has 2 aliphatic rings. The van der Waals surface area contributed by atoms with Crippen molar-refractivity contribution >= 4 is 27.9 Å². The van der Waals surface area contributed by atoms with Crippen molar-refractivity contribution in [3.8, 4) is 11.3 Å². The fraction of sp³-hybridized carbons (Fsp3) is 0.500. The fourth-order valence-electron chi connectivity index (χ4n) is 4.44. The summed E-state index contributed by atoms with van der Waals surface area (Å²) in [5, 5.41) is 2.69. The molecule has 2 aromatic rings. The molecule has 1 aliphatic heterocycles. The van der Waals surface area contributed by atoms with Gasteiger partial charge in [0.15, 0.2) is 0 Å². The highest BCUT2D eigenvalue weighted by atomic mass is 79.9. The van der Waals surface area contributed by atoms with Crippen molar-refractivity contribution in [2.45, 2.75) is 51.6 Å². The quantitative estimate of drug-likeness (QED) is 0.701. The Bertz CT molecular complexity index is 971. The lowest BCUT2D eigenvalue weighted by Crippen LogP contribution is -2.51. The van der Waals surface area contributed by atoms with Crippen LogP contribution in [0.25, 0.3) is 11.3 Å². The number of alkyl carbamates (subject to hydrolysis) is 1. The van der Waals surface area contributed by atoms with E-state index < -0.39 is 12.1 Å². The Hall–Kier alpha value is -2.35. The van der Waals surface area contributed by atoms with Gasteiger partial charge in [-0.1, -0.05) is 35.8 Å². The lowest BCUT2D eigenvalue weighted by atomic mass is 9.92. The Morgan fingerprint density at radius 2 is 2.13 bits per heavy atom. The number of H-pyrrole nitrogens is 1. The van der Waals surface area contributed by atoms with Gasteiger partial charge in [-0.05, 0) is 49.3 Å². The van der Waals surface area contributed by atoms with Crippen LogP contribution < -0.4 is 5.32 Å². The number of hydrogen-bond donors (Lipinski definition) is 2. The van der Waals surface area contributed by atoms with E-state index in [1.807, 2.05) is 24.8 Å². The van der Waals surface area contributed by atoms with Crippen molar-refractivity contribution in [2.24, 2.45) is 5.92 Å². The standard InChI is InChI=1S/C22H27BrN4O3/c1-12(2)18(26-22(29)30-3)21(28)27-10-4-5-17(27)20-24-16-9-6-13-11-14(23)7-8-15(13)19(16)25-20/h7-8,11-12,17-18H,4-6,9-10H2,1-3H3,(H,24,25)(H,26,29)/t17-,18-/m0/s1. The number of aromatic amines is 1. The van der Waals surface area contributed by atoms with Crippen molar-refractivity contribution in [1.29, 1.82) is 0 Å². The summed E-state index contributed by atoms with van der Waals surface area (Å²) in [5.41, 5.74) is 4.57. The van der Waals surface area contributed by atoms with Crippen LogP contribution in [0.1, 0.15) is 49.8 Å². The number of carbonyl (C=O) groups is 2. The van der Waals surface area contributed by atoms with Crippen LogP contribution in [0.4, 0.5) is 4.79 Å². The molecule has 0 bridgehead atoms. The maximum atomic E-state index is 13.3. The van der Waals surface area contributed by atoms with Gasteiger partial charge in [-0.15, -0.1) is 0 Å². The maximum absolute atomic E-state index is 13.3. The monoisotopic (exact) mass is 474 g/mol. The van der Waals surface area contributed by atoms with Crippen LogP contribution in [-0.4, -0.2) is 46.6 Å².